The third kappa shape index (κ3) is 0.970. The molecule has 0 aliphatic carbocycles. The van der Waals surface area contributed by atoms with E-state index in [1.165, 1.54) is 16.7 Å². The quantitative estimate of drug-likeness (QED) is 0.509. The Bertz CT molecular complexity index is 524. The summed E-state index contributed by atoms with van der Waals surface area (Å²) in [5, 5.41) is 18.3. The number of aryl methyl sites for hydroxylation is 1. The van der Waals surface area contributed by atoms with E-state index in [-0.39, 0.29) is 17.2 Å². The van der Waals surface area contributed by atoms with Crippen molar-refractivity contribution in [1.29, 1.82) is 0 Å². The predicted molar refractivity (Wildman–Crippen MR) is 46.9 cm³/mol. The number of benzene rings is 1. The minimum Gasteiger partial charge on any atom is -0.504 e. The van der Waals surface area contributed by atoms with Crippen molar-refractivity contribution in [1.82, 2.24) is 9.55 Å². The second-order valence-electron chi connectivity index (χ2n) is 2.85. The fourth-order valence-electron chi connectivity index (χ4n) is 1.25. The number of phenolic OH excluding ortho intramolecular Hbond substituents is 2. The van der Waals surface area contributed by atoms with E-state index in [1.807, 2.05) is 0 Å². The number of rotatable bonds is 0. The molecular formula is C8H8N2O3. The van der Waals surface area contributed by atoms with E-state index in [1.54, 1.807) is 7.05 Å². The van der Waals surface area contributed by atoms with Crippen LogP contribution in [0, 0.1) is 0 Å². The zero-order chi connectivity index (χ0) is 9.59. The van der Waals surface area contributed by atoms with Crippen LogP contribution in [0.15, 0.2) is 16.9 Å². The van der Waals surface area contributed by atoms with Gasteiger partial charge in [0, 0.05) is 19.2 Å². The van der Waals surface area contributed by atoms with Crippen molar-refractivity contribution in [3.8, 4) is 11.5 Å². The second-order valence-corrected chi connectivity index (χ2v) is 2.85. The maximum absolute atomic E-state index is 11.1. The summed E-state index contributed by atoms with van der Waals surface area (Å²) in [6.45, 7) is 0. The Morgan fingerprint density at radius 3 is 2.62 bits per heavy atom. The third-order valence-corrected chi connectivity index (χ3v) is 2.00. The fraction of sp³-hybridized carbons (Fsp3) is 0.125. The minimum atomic E-state index is -0.278. The van der Waals surface area contributed by atoms with Gasteiger partial charge >= 0.3 is 5.69 Å². The first-order valence-corrected chi connectivity index (χ1v) is 3.70. The number of fused-ring (bicyclic) bond motifs is 1. The Balaban J connectivity index is 2.97. The van der Waals surface area contributed by atoms with Crippen molar-refractivity contribution < 1.29 is 10.2 Å². The molecule has 0 fully saturated rings. The van der Waals surface area contributed by atoms with Crippen LogP contribution < -0.4 is 5.69 Å². The molecule has 13 heavy (non-hydrogen) atoms. The molecule has 2 rings (SSSR count). The van der Waals surface area contributed by atoms with Gasteiger partial charge in [-0.15, -0.1) is 0 Å². The number of aromatic amines is 1. The van der Waals surface area contributed by atoms with Gasteiger partial charge < -0.3 is 15.2 Å². The molecule has 0 aliphatic rings. The van der Waals surface area contributed by atoms with Gasteiger partial charge in [0.1, 0.15) is 0 Å². The monoisotopic (exact) mass is 180 g/mol. The van der Waals surface area contributed by atoms with Gasteiger partial charge in [-0.1, -0.05) is 0 Å². The Morgan fingerprint density at radius 1 is 1.31 bits per heavy atom. The number of H-pyrrole nitrogens is 1. The predicted octanol–water partition coefficient (Wildman–Crippen LogP) is 0.278. The molecule has 0 saturated carbocycles. The summed E-state index contributed by atoms with van der Waals surface area (Å²) < 4.78 is 1.36. The molecule has 3 N–H and O–H groups in total. The van der Waals surface area contributed by atoms with Crippen LogP contribution in [0.3, 0.4) is 0 Å². The molecule has 5 nitrogen and oxygen atoms in total. The van der Waals surface area contributed by atoms with Crippen molar-refractivity contribution in [3.05, 3.63) is 22.6 Å². The first-order chi connectivity index (χ1) is 6.09. The smallest absolute Gasteiger partial charge is 0.326 e. The van der Waals surface area contributed by atoms with Crippen molar-refractivity contribution in [2.24, 2.45) is 7.05 Å². The highest BCUT2D eigenvalue weighted by molar-refractivity contribution is 5.79. The Morgan fingerprint density at radius 2 is 1.92 bits per heavy atom. The molecule has 0 bridgehead atoms. The van der Waals surface area contributed by atoms with Crippen LogP contribution in [0.4, 0.5) is 0 Å². The molecule has 0 spiro atoms. The number of aromatic nitrogens is 2. The molecule has 68 valence electrons. The molecule has 1 aromatic heterocycles. The largest absolute Gasteiger partial charge is 0.504 e. The highest BCUT2D eigenvalue weighted by Crippen LogP contribution is 2.28. The van der Waals surface area contributed by atoms with Crippen molar-refractivity contribution >= 4 is 11.0 Å². The summed E-state index contributed by atoms with van der Waals surface area (Å²) in [4.78, 5) is 13.6. The molecule has 1 heterocycles. The number of nitrogens with one attached hydrogen (secondary N) is 1. The van der Waals surface area contributed by atoms with Gasteiger partial charge in [-0.3, -0.25) is 4.57 Å². The van der Waals surface area contributed by atoms with Crippen LogP contribution in [0.5, 0.6) is 11.5 Å². The molecule has 0 amide bonds. The van der Waals surface area contributed by atoms with E-state index >= 15 is 0 Å². The van der Waals surface area contributed by atoms with E-state index in [2.05, 4.69) is 4.98 Å². The van der Waals surface area contributed by atoms with Crippen LogP contribution in [0.25, 0.3) is 11.0 Å². The maximum atomic E-state index is 11.1. The number of hydrogen-bond acceptors (Lipinski definition) is 3. The Kier molecular flexibility index (Phi) is 1.36. The van der Waals surface area contributed by atoms with E-state index in [0.717, 1.165) is 0 Å². The highest BCUT2D eigenvalue weighted by atomic mass is 16.3. The summed E-state index contributed by atoms with van der Waals surface area (Å²) in [6, 6.07) is 2.65. The summed E-state index contributed by atoms with van der Waals surface area (Å²) in [6.07, 6.45) is 0. The van der Waals surface area contributed by atoms with E-state index in [0.29, 0.717) is 11.0 Å². The summed E-state index contributed by atoms with van der Waals surface area (Å²) in [5.74, 6) is -0.476. The molecule has 0 aliphatic heterocycles. The molecular weight excluding hydrogens is 172 g/mol. The summed E-state index contributed by atoms with van der Waals surface area (Å²) in [7, 11) is 1.58. The molecule has 0 atom stereocenters. The zero-order valence-electron chi connectivity index (χ0n) is 6.90. The topological polar surface area (TPSA) is 78.2 Å². The van der Waals surface area contributed by atoms with Crippen molar-refractivity contribution in [2.45, 2.75) is 0 Å². The van der Waals surface area contributed by atoms with Crippen LogP contribution in [-0.4, -0.2) is 19.8 Å². The lowest BCUT2D eigenvalue weighted by atomic mass is 10.3. The lowest BCUT2D eigenvalue weighted by Gasteiger charge is -1.97. The minimum absolute atomic E-state index is 0.234. The van der Waals surface area contributed by atoms with Gasteiger partial charge in [-0.05, 0) is 0 Å². The lowest BCUT2D eigenvalue weighted by Crippen LogP contribution is -2.11. The van der Waals surface area contributed by atoms with Gasteiger partial charge in [0.05, 0.1) is 11.0 Å². The normalized spacial score (nSPS) is 10.8. The van der Waals surface area contributed by atoms with Crippen LogP contribution in [0.1, 0.15) is 0 Å². The molecule has 0 saturated heterocycles. The Labute approximate surface area is 72.9 Å². The first kappa shape index (κ1) is 7.72. The number of phenols is 2. The van der Waals surface area contributed by atoms with E-state index in [9.17, 15) is 9.90 Å². The number of imidazole rings is 1. The van der Waals surface area contributed by atoms with Crippen LogP contribution in [0.2, 0.25) is 0 Å². The summed E-state index contributed by atoms with van der Waals surface area (Å²) in [5.41, 5.74) is 0.781. The second kappa shape index (κ2) is 2.29. The average Bonchev–Trinajstić information content (AvgIpc) is 2.32. The Hall–Kier alpha value is -1.91. The lowest BCUT2D eigenvalue weighted by molar-refractivity contribution is 0.404. The number of aromatic hydroxyl groups is 2. The van der Waals surface area contributed by atoms with Gasteiger partial charge in [0.2, 0.25) is 0 Å². The highest BCUT2D eigenvalue weighted by Gasteiger charge is 2.07. The van der Waals surface area contributed by atoms with Crippen LogP contribution in [-0.2, 0) is 7.05 Å². The zero-order valence-corrected chi connectivity index (χ0v) is 6.90. The molecule has 0 unspecified atom stereocenters. The van der Waals surface area contributed by atoms with Crippen molar-refractivity contribution in [2.75, 3.05) is 0 Å². The van der Waals surface area contributed by atoms with Gasteiger partial charge in [0.15, 0.2) is 11.5 Å². The van der Waals surface area contributed by atoms with E-state index in [4.69, 9.17) is 5.11 Å². The molecule has 2 aromatic rings. The first-order valence-electron chi connectivity index (χ1n) is 3.70. The average molecular weight is 180 g/mol. The standard InChI is InChI=1S/C8H8N2O3/c1-10-5-3-7(12)6(11)2-4(5)9-8(10)13/h2-3,11-12H,1H3,(H,9,13). The summed E-state index contributed by atoms with van der Waals surface area (Å²) >= 11 is 0. The maximum Gasteiger partial charge on any atom is 0.326 e. The third-order valence-electron chi connectivity index (χ3n) is 2.00. The van der Waals surface area contributed by atoms with Crippen LogP contribution >= 0.6 is 0 Å². The van der Waals surface area contributed by atoms with Gasteiger partial charge in [0.25, 0.3) is 0 Å². The SMILES string of the molecule is Cn1c(=O)[nH]c2cc(O)c(O)cc21. The van der Waals surface area contributed by atoms with Crippen molar-refractivity contribution in [3.63, 3.8) is 0 Å². The van der Waals surface area contributed by atoms with Gasteiger partial charge in [-0.25, -0.2) is 4.79 Å². The number of hydrogen-bond donors (Lipinski definition) is 3. The fourth-order valence-corrected chi connectivity index (χ4v) is 1.25. The van der Waals surface area contributed by atoms with Gasteiger partial charge in [-0.2, -0.15) is 0 Å². The van der Waals surface area contributed by atoms with E-state index < -0.39 is 0 Å². The number of nitrogens with zero attached hydrogens (tertiary/aromatic N) is 1. The molecule has 5 heteroatoms. The molecule has 0 radical (unpaired) electrons. The molecule has 1 aromatic carbocycles.